The van der Waals surface area contributed by atoms with Crippen molar-refractivity contribution in [3.8, 4) is 22.6 Å². The molecule has 2 aromatic rings. The van der Waals surface area contributed by atoms with Crippen LogP contribution in [0.4, 0.5) is 0 Å². The molecule has 0 aliphatic heterocycles. The first-order chi connectivity index (χ1) is 27.5. The molecule has 0 aromatic heterocycles. The number of carboxylic acid groups (broad SMARTS) is 2. The quantitative estimate of drug-likeness (QED) is 0.0743. The Hall–Kier alpha value is -3.90. The standard InChI is InChI=1S/C39H54O6S2.C7H10O4.2H2/c1-26-19-31(20-27(2)36(26)43-17-18-46-33-13-9-7-10-14-33)32-21-28(3)37(29(4)22-32)44-24-39(6,25-47-34-15-11-8-12-16-34)45-38(42)30(5)23-35(40)41;1-3-11-7(10)5(2)4-6(8)9;;/h19-22,33-34H,5,7-18,23-25H2,1-4,6H3,(H,40,41);2-4H2,1H3,(H,8,9);2*1H. The number of benzene rings is 2. The van der Waals surface area contributed by atoms with E-state index in [1.54, 1.807) is 6.92 Å². The Morgan fingerprint density at radius 1 is 0.707 bits per heavy atom. The summed E-state index contributed by atoms with van der Waals surface area (Å²) in [5.41, 5.74) is 5.48. The lowest BCUT2D eigenvalue weighted by Gasteiger charge is -2.32. The van der Waals surface area contributed by atoms with E-state index in [-0.39, 0.29) is 33.6 Å². The first-order valence-electron chi connectivity index (χ1n) is 20.4. The molecule has 2 N–H and O–H groups in total. The van der Waals surface area contributed by atoms with Gasteiger partial charge in [-0.3, -0.25) is 9.59 Å². The van der Waals surface area contributed by atoms with E-state index in [1.807, 2.05) is 32.5 Å². The SMILES string of the molecule is C=C(CC(=O)O)C(=O)OC(C)(COc1c(C)cc(-c2cc(C)c(OCCSC3CCCCC3)c(C)c2)cc1C)CSC1CCCCC1.C=C(CC(=O)O)C(=O)OCC.[HH].[HH]. The minimum atomic E-state index is -1.11. The Morgan fingerprint density at radius 2 is 1.14 bits per heavy atom. The van der Waals surface area contributed by atoms with Gasteiger partial charge in [0, 0.05) is 36.0 Å². The Bertz CT molecular complexity index is 1710. The van der Waals surface area contributed by atoms with E-state index in [0.29, 0.717) is 11.0 Å². The summed E-state index contributed by atoms with van der Waals surface area (Å²) in [4.78, 5) is 44.8. The molecule has 2 fully saturated rings. The van der Waals surface area contributed by atoms with Crippen LogP contribution in [-0.2, 0) is 28.7 Å². The number of carbonyl (C=O) groups is 4. The number of carboxylic acids is 2. The van der Waals surface area contributed by atoms with Crippen molar-refractivity contribution in [1.29, 1.82) is 0 Å². The van der Waals surface area contributed by atoms with Crippen molar-refractivity contribution >= 4 is 47.4 Å². The summed E-state index contributed by atoms with van der Waals surface area (Å²) in [6, 6.07) is 8.70. The summed E-state index contributed by atoms with van der Waals surface area (Å²) >= 11 is 3.88. The highest BCUT2D eigenvalue weighted by molar-refractivity contribution is 8.00. The zero-order valence-corrected chi connectivity index (χ0v) is 37.0. The van der Waals surface area contributed by atoms with Crippen LogP contribution in [-0.4, -0.2) is 81.5 Å². The zero-order valence-electron chi connectivity index (χ0n) is 35.4. The first kappa shape index (κ1) is 48.5. The average molecular weight is 845 g/mol. The molecule has 4 rings (SSSR count). The molecule has 10 nitrogen and oxygen atoms in total. The largest absolute Gasteiger partial charge is 0.492 e. The predicted molar refractivity (Wildman–Crippen MR) is 239 cm³/mol. The molecule has 2 aliphatic rings. The van der Waals surface area contributed by atoms with Crippen LogP contribution >= 0.6 is 23.5 Å². The number of aryl methyl sites for hydroxylation is 4. The molecule has 0 heterocycles. The van der Waals surface area contributed by atoms with Crippen LogP contribution in [0.5, 0.6) is 11.5 Å². The smallest absolute Gasteiger partial charge is 0.334 e. The van der Waals surface area contributed by atoms with Crippen molar-refractivity contribution in [3.63, 3.8) is 0 Å². The first-order valence-corrected chi connectivity index (χ1v) is 22.5. The second-order valence-electron chi connectivity index (χ2n) is 15.6. The number of thioether (sulfide) groups is 2. The molecule has 0 bridgehead atoms. The second kappa shape index (κ2) is 24.2. The fraction of sp³-hybridized carbons (Fsp3) is 0.565. The lowest BCUT2D eigenvalue weighted by molar-refractivity contribution is -0.155. The Morgan fingerprint density at radius 3 is 1.59 bits per heavy atom. The van der Waals surface area contributed by atoms with Crippen LogP contribution in [0.15, 0.2) is 48.6 Å². The number of hydrogen-bond donors (Lipinski definition) is 2. The van der Waals surface area contributed by atoms with E-state index in [2.05, 4.69) is 67.8 Å². The van der Waals surface area contributed by atoms with Gasteiger partial charge >= 0.3 is 23.9 Å². The van der Waals surface area contributed by atoms with Crippen molar-refractivity contribution in [2.24, 2.45) is 0 Å². The topological polar surface area (TPSA) is 146 Å². The molecule has 1 unspecified atom stereocenters. The van der Waals surface area contributed by atoms with Crippen molar-refractivity contribution in [3.05, 3.63) is 70.8 Å². The maximum Gasteiger partial charge on any atom is 0.334 e. The van der Waals surface area contributed by atoms with Gasteiger partial charge in [0.1, 0.15) is 18.1 Å². The van der Waals surface area contributed by atoms with E-state index < -0.39 is 35.9 Å². The Kier molecular flexibility index (Phi) is 20.3. The molecule has 324 valence electrons. The monoisotopic (exact) mass is 844 g/mol. The van der Waals surface area contributed by atoms with E-state index in [1.165, 1.54) is 51.4 Å². The third-order valence-electron chi connectivity index (χ3n) is 10.1. The van der Waals surface area contributed by atoms with Crippen LogP contribution in [0.3, 0.4) is 0 Å². The number of carbonyl (C=O) groups excluding carboxylic acids is 2. The normalized spacial score (nSPS) is 15.6. The van der Waals surface area contributed by atoms with E-state index in [4.69, 9.17) is 24.4 Å². The van der Waals surface area contributed by atoms with Crippen molar-refractivity contribution < 1.29 is 51.2 Å². The van der Waals surface area contributed by atoms with Crippen molar-refractivity contribution in [1.82, 2.24) is 0 Å². The van der Waals surface area contributed by atoms with Gasteiger partial charge in [-0.15, -0.1) is 0 Å². The average Bonchev–Trinajstić information content (AvgIpc) is 3.16. The van der Waals surface area contributed by atoms with Crippen LogP contribution < -0.4 is 9.47 Å². The van der Waals surface area contributed by atoms with Crippen LogP contribution in [0.2, 0.25) is 0 Å². The Labute approximate surface area is 356 Å². The highest BCUT2D eigenvalue weighted by Gasteiger charge is 2.33. The minimum absolute atomic E-state index is 0. The maximum absolute atomic E-state index is 12.9. The fourth-order valence-corrected chi connectivity index (χ4v) is 9.75. The van der Waals surface area contributed by atoms with Gasteiger partial charge in [-0.2, -0.15) is 23.5 Å². The third kappa shape index (κ3) is 16.4. The summed E-state index contributed by atoms with van der Waals surface area (Å²) in [5.74, 6) is -0.175. The highest BCUT2D eigenvalue weighted by atomic mass is 32.2. The van der Waals surface area contributed by atoms with Crippen LogP contribution in [0, 0.1) is 27.7 Å². The predicted octanol–water partition coefficient (Wildman–Crippen LogP) is 10.9. The maximum atomic E-state index is 12.9. The van der Waals surface area contributed by atoms with Gasteiger partial charge in [-0.1, -0.05) is 51.7 Å². The highest BCUT2D eigenvalue weighted by Crippen LogP contribution is 2.37. The van der Waals surface area contributed by atoms with Gasteiger partial charge < -0.3 is 29.2 Å². The van der Waals surface area contributed by atoms with Gasteiger partial charge in [0.05, 0.1) is 26.1 Å². The molecule has 2 aliphatic carbocycles. The van der Waals surface area contributed by atoms with Gasteiger partial charge in [0.15, 0.2) is 5.60 Å². The molecule has 2 aromatic carbocycles. The van der Waals surface area contributed by atoms with Gasteiger partial charge in [-0.25, -0.2) is 9.59 Å². The summed E-state index contributed by atoms with van der Waals surface area (Å²) in [6.45, 7) is 19.9. The molecule has 2 saturated carbocycles. The summed E-state index contributed by atoms with van der Waals surface area (Å²) in [6.07, 6.45) is 12.0. The summed E-state index contributed by atoms with van der Waals surface area (Å²) < 4.78 is 23.1. The number of rotatable bonds is 20. The number of hydrogen-bond acceptors (Lipinski definition) is 10. The molecule has 0 saturated heterocycles. The molecule has 58 heavy (non-hydrogen) atoms. The van der Waals surface area contributed by atoms with Gasteiger partial charge in [-0.05, 0) is 125 Å². The fourth-order valence-electron chi connectivity index (χ4n) is 7.17. The van der Waals surface area contributed by atoms with Crippen molar-refractivity contribution in [2.75, 3.05) is 31.3 Å². The minimum Gasteiger partial charge on any atom is -0.492 e. The van der Waals surface area contributed by atoms with Gasteiger partial charge in [0.2, 0.25) is 0 Å². The second-order valence-corrected chi connectivity index (χ2v) is 18.3. The van der Waals surface area contributed by atoms with E-state index in [0.717, 1.165) is 75.3 Å². The number of esters is 2. The lowest BCUT2D eigenvalue weighted by Crippen LogP contribution is -2.42. The molecule has 0 radical (unpaired) electrons. The third-order valence-corrected chi connectivity index (χ3v) is 13.2. The molecule has 12 heteroatoms. The van der Waals surface area contributed by atoms with E-state index >= 15 is 0 Å². The van der Waals surface area contributed by atoms with Crippen LogP contribution in [0.1, 0.15) is 116 Å². The Balaban J connectivity index is 0.00000122. The summed E-state index contributed by atoms with van der Waals surface area (Å²) in [5, 5.41) is 18.7. The lowest BCUT2D eigenvalue weighted by atomic mass is 9.96. The number of ether oxygens (including phenoxy) is 4. The number of aliphatic carboxylic acids is 2. The molecule has 1 atom stereocenters. The summed E-state index contributed by atoms with van der Waals surface area (Å²) in [7, 11) is 0. The molecular weight excluding hydrogens is 777 g/mol. The van der Waals surface area contributed by atoms with Gasteiger partial charge in [0.25, 0.3) is 0 Å². The molecule has 0 amide bonds. The van der Waals surface area contributed by atoms with Crippen LogP contribution in [0.25, 0.3) is 11.1 Å². The van der Waals surface area contributed by atoms with Crippen molar-refractivity contribution in [2.45, 2.75) is 135 Å². The molecule has 0 spiro atoms. The zero-order chi connectivity index (χ0) is 42.8. The van der Waals surface area contributed by atoms with E-state index in [9.17, 15) is 19.2 Å². The molecular formula is C46H68O10S2.